The number of carbonyl (C=O) groups excluding carboxylic acids is 2. The Hall–Kier alpha value is -2.99. The average Bonchev–Trinajstić information content (AvgIpc) is 3.02. The number of hydrogen-bond donors (Lipinski definition) is 2. The Morgan fingerprint density at radius 3 is 2.52 bits per heavy atom. The third-order valence-corrected chi connectivity index (χ3v) is 5.14. The molecule has 3 aromatic rings. The van der Waals surface area contributed by atoms with E-state index in [2.05, 4.69) is 10.6 Å². The molecule has 0 aliphatic heterocycles. The largest absolute Gasteiger partial charge is 0.351 e. The Morgan fingerprint density at radius 2 is 1.78 bits per heavy atom. The molecule has 0 saturated carbocycles. The lowest BCUT2D eigenvalue weighted by Gasteiger charge is -2.05. The summed E-state index contributed by atoms with van der Waals surface area (Å²) in [5, 5.41) is 6.17. The van der Waals surface area contributed by atoms with Crippen LogP contribution >= 0.6 is 11.3 Å². The molecule has 0 radical (unpaired) electrons. The van der Waals surface area contributed by atoms with Crippen LogP contribution in [0.1, 0.15) is 31.2 Å². The van der Waals surface area contributed by atoms with Crippen LogP contribution in [-0.4, -0.2) is 18.4 Å². The fraction of sp³-hybridized carbons (Fsp3) is 0.143. The topological polar surface area (TPSA) is 58.2 Å². The van der Waals surface area contributed by atoms with Gasteiger partial charge >= 0.3 is 0 Å². The maximum Gasteiger partial charge on any atom is 0.261 e. The zero-order valence-corrected chi connectivity index (χ0v) is 15.6. The molecule has 138 valence electrons. The monoisotopic (exact) mass is 382 g/mol. The molecule has 0 spiro atoms. The molecule has 27 heavy (non-hydrogen) atoms. The van der Waals surface area contributed by atoms with Gasteiger partial charge in [-0.1, -0.05) is 36.4 Å². The van der Waals surface area contributed by atoms with Crippen LogP contribution in [0.25, 0.3) is 0 Å². The summed E-state index contributed by atoms with van der Waals surface area (Å²) in [6.45, 7) is 2.35. The van der Waals surface area contributed by atoms with Crippen molar-refractivity contribution in [3.63, 3.8) is 0 Å². The smallest absolute Gasteiger partial charge is 0.261 e. The highest BCUT2D eigenvalue weighted by molar-refractivity contribution is 7.18. The van der Waals surface area contributed by atoms with Gasteiger partial charge in [0.15, 0.2) is 0 Å². The Morgan fingerprint density at radius 1 is 1.00 bits per heavy atom. The second kappa shape index (κ2) is 8.60. The van der Waals surface area contributed by atoms with Crippen molar-refractivity contribution in [3.05, 3.63) is 88.0 Å². The van der Waals surface area contributed by atoms with Crippen molar-refractivity contribution in [3.8, 4) is 0 Å². The number of halogens is 1. The van der Waals surface area contributed by atoms with Crippen molar-refractivity contribution in [2.75, 3.05) is 11.9 Å². The number of rotatable bonds is 6. The van der Waals surface area contributed by atoms with E-state index in [9.17, 15) is 14.0 Å². The van der Waals surface area contributed by atoms with Crippen molar-refractivity contribution in [1.29, 1.82) is 0 Å². The maximum absolute atomic E-state index is 13.3. The maximum atomic E-state index is 13.3. The molecule has 2 aromatic carbocycles. The molecule has 4 nitrogen and oxygen atoms in total. The normalized spacial score (nSPS) is 10.4. The van der Waals surface area contributed by atoms with E-state index in [0.29, 0.717) is 16.4 Å². The third kappa shape index (κ3) is 5.01. The average molecular weight is 382 g/mol. The van der Waals surface area contributed by atoms with Gasteiger partial charge in [-0.05, 0) is 48.7 Å². The minimum atomic E-state index is -0.469. The summed E-state index contributed by atoms with van der Waals surface area (Å²) in [4.78, 5) is 25.2. The number of carbonyl (C=O) groups is 2. The van der Waals surface area contributed by atoms with Crippen LogP contribution in [-0.2, 0) is 6.42 Å². The van der Waals surface area contributed by atoms with Gasteiger partial charge in [-0.3, -0.25) is 9.59 Å². The summed E-state index contributed by atoms with van der Waals surface area (Å²) in [7, 11) is 0. The minimum Gasteiger partial charge on any atom is -0.351 e. The lowest BCUT2D eigenvalue weighted by Crippen LogP contribution is -2.25. The van der Waals surface area contributed by atoms with Crippen LogP contribution in [0.4, 0.5) is 9.39 Å². The van der Waals surface area contributed by atoms with Gasteiger partial charge in [0.05, 0.1) is 9.88 Å². The summed E-state index contributed by atoms with van der Waals surface area (Å²) in [6, 6.07) is 17.1. The van der Waals surface area contributed by atoms with E-state index in [1.807, 2.05) is 37.3 Å². The van der Waals surface area contributed by atoms with E-state index in [1.165, 1.54) is 35.6 Å². The van der Waals surface area contributed by atoms with Crippen LogP contribution < -0.4 is 10.6 Å². The Labute approximate surface area is 161 Å². The molecule has 0 bridgehead atoms. The predicted molar refractivity (Wildman–Crippen MR) is 106 cm³/mol. The minimum absolute atomic E-state index is 0.167. The van der Waals surface area contributed by atoms with E-state index in [0.717, 1.165) is 17.5 Å². The predicted octanol–water partition coefficient (Wildman–Crippen LogP) is 4.42. The van der Waals surface area contributed by atoms with Crippen LogP contribution in [0.15, 0.2) is 60.7 Å². The first-order valence-corrected chi connectivity index (χ1v) is 9.34. The number of nitrogens with one attached hydrogen (secondary N) is 2. The SMILES string of the molecule is Cc1cc(NC(=O)c2cccc(F)c2)sc1C(=O)NCCc1ccccc1. The highest BCUT2D eigenvalue weighted by Crippen LogP contribution is 2.27. The molecule has 0 unspecified atom stereocenters. The fourth-order valence-corrected chi connectivity index (χ4v) is 3.61. The van der Waals surface area contributed by atoms with E-state index >= 15 is 0 Å². The van der Waals surface area contributed by atoms with Gasteiger partial charge < -0.3 is 10.6 Å². The molecular formula is C21H19FN2O2S. The number of hydrogen-bond acceptors (Lipinski definition) is 3. The van der Waals surface area contributed by atoms with Gasteiger partial charge in [-0.2, -0.15) is 0 Å². The fourth-order valence-electron chi connectivity index (χ4n) is 2.63. The van der Waals surface area contributed by atoms with E-state index in [-0.39, 0.29) is 11.5 Å². The van der Waals surface area contributed by atoms with E-state index in [1.54, 1.807) is 6.07 Å². The second-order valence-corrected chi connectivity index (χ2v) is 7.13. The molecule has 1 heterocycles. The van der Waals surface area contributed by atoms with Gasteiger partial charge in [-0.25, -0.2) is 4.39 Å². The lowest BCUT2D eigenvalue weighted by atomic mass is 10.1. The molecule has 0 aliphatic rings. The standard InChI is InChI=1S/C21H19FN2O2S/c1-14-12-18(24-20(25)16-8-5-9-17(22)13-16)27-19(14)21(26)23-11-10-15-6-3-2-4-7-15/h2-9,12-13H,10-11H2,1H3,(H,23,26)(H,24,25). The number of anilines is 1. The van der Waals surface area contributed by atoms with E-state index in [4.69, 9.17) is 0 Å². The summed E-state index contributed by atoms with van der Waals surface area (Å²) >= 11 is 1.20. The van der Waals surface area contributed by atoms with Crippen molar-refractivity contribution in [2.45, 2.75) is 13.3 Å². The molecule has 0 aliphatic carbocycles. The highest BCUT2D eigenvalue weighted by Gasteiger charge is 2.15. The van der Waals surface area contributed by atoms with Crippen LogP contribution in [0.2, 0.25) is 0 Å². The zero-order chi connectivity index (χ0) is 19.2. The molecule has 0 saturated heterocycles. The van der Waals surface area contributed by atoms with Gasteiger partial charge in [0.1, 0.15) is 5.82 Å². The molecule has 2 amide bonds. The van der Waals surface area contributed by atoms with Crippen molar-refractivity contribution in [1.82, 2.24) is 5.32 Å². The summed E-state index contributed by atoms with van der Waals surface area (Å²) in [6.07, 6.45) is 0.750. The number of benzene rings is 2. The quantitative estimate of drug-likeness (QED) is 0.663. The first kappa shape index (κ1) is 18.8. The van der Waals surface area contributed by atoms with Crippen molar-refractivity contribution >= 4 is 28.2 Å². The van der Waals surface area contributed by atoms with Crippen LogP contribution in [0.5, 0.6) is 0 Å². The lowest BCUT2D eigenvalue weighted by molar-refractivity contribution is 0.0956. The second-order valence-electron chi connectivity index (χ2n) is 6.08. The van der Waals surface area contributed by atoms with Crippen LogP contribution in [0, 0.1) is 12.7 Å². The molecule has 6 heteroatoms. The Balaban J connectivity index is 1.60. The number of amides is 2. The first-order chi connectivity index (χ1) is 13.0. The zero-order valence-electron chi connectivity index (χ0n) is 14.8. The summed E-state index contributed by atoms with van der Waals surface area (Å²) in [5.41, 5.74) is 2.17. The van der Waals surface area contributed by atoms with Gasteiger partial charge in [-0.15, -0.1) is 11.3 Å². The number of aryl methyl sites for hydroxylation is 1. The van der Waals surface area contributed by atoms with Crippen molar-refractivity contribution in [2.24, 2.45) is 0 Å². The molecule has 2 N–H and O–H groups in total. The molecule has 1 aromatic heterocycles. The summed E-state index contributed by atoms with van der Waals surface area (Å²) in [5.74, 6) is -1.05. The molecular weight excluding hydrogens is 363 g/mol. The van der Waals surface area contributed by atoms with Crippen molar-refractivity contribution < 1.29 is 14.0 Å². The third-order valence-electron chi connectivity index (χ3n) is 3.99. The van der Waals surface area contributed by atoms with E-state index < -0.39 is 11.7 Å². The molecule has 0 fully saturated rings. The molecule has 3 rings (SSSR count). The van der Waals surface area contributed by atoms with Gasteiger partial charge in [0.25, 0.3) is 11.8 Å². The number of thiophene rings is 1. The van der Waals surface area contributed by atoms with Crippen LogP contribution in [0.3, 0.4) is 0 Å². The molecule has 0 atom stereocenters. The Kier molecular flexibility index (Phi) is 5.98. The van der Waals surface area contributed by atoms with Gasteiger partial charge in [0.2, 0.25) is 0 Å². The highest BCUT2D eigenvalue weighted by atomic mass is 32.1. The first-order valence-electron chi connectivity index (χ1n) is 8.52. The summed E-state index contributed by atoms with van der Waals surface area (Å²) < 4.78 is 13.3. The van der Waals surface area contributed by atoms with Gasteiger partial charge in [0, 0.05) is 12.1 Å². The Bertz CT molecular complexity index is 954.